The molecule has 1 nitrogen and oxygen atoms in total. The van der Waals surface area contributed by atoms with Crippen molar-refractivity contribution in [2.45, 2.75) is 31.2 Å². The van der Waals surface area contributed by atoms with Gasteiger partial charge in [0.2, 0.25) is 0 Å². The lowest BCUT2D eigenvalue weighted by Gasteiger charge is -2.18. The largest absolute Gasteiger partial charge is 0.313 e. The van der Waals surface area contributed by atoms with Crippen molar-refractivity contribution in [3.8, 4) is 0 Å². The average molecular weight is 320 g/mol. The number of likely N-dealkylation sites (N-methyl/N-ethyl adjacent to an activating group) is 1. The number of benzene rings is 2. The molecule has 1 N–H and O–H groups in total. The predicted octanol–water partition coefficient (Wildman–Crippen LogP) is 4.96. The molecule has 1 atom stereocenters. The van der Waals surface area contributed by atoms with Crippen LogP contribution < -0.4 is 5.32 Å². The van der Waals surface area contributed by atoms with E-state index in [9.17, 15) is 0 Å². The van der Waals surface area contributed by atoms with Gasteiger partial charge in [-0.15, -0.1) is 11.8 Å². The van der Waals surface area contributed by atoms with Gasteiger partial charge in [0.05, 0.1) is 0 Å². The molecule has 2 aromatic rings. The normalized spacial score (nSPS) is 12.3. The third kappa shape index (κ3) is 5.74. The van der Waals surface area contributed by atoms with Gasteiger partial charge in [-0.2, -0.15) is 0 Å². The van der Waals surface area contributed by atoms with Crippen molar-refractivity contribution in [2.24, 2.45) is 0 Å². The molecule has 0 heterocycles. The van der Waals surface area contributed by atoms with Crippen molar-refractivity contribution in [1.82, 2.24) is 5.32 Å². The molecule has 112 valence electrons. The first-order valence-electron chi connectivity index (χ1n) is 7.34. The van der Waals surface area contributed by atoms with Crippen LogP contribution in [0.2, 0.25) is 5.02 Å². The van der Waals surface area contributed by atoms with Gasteiger partial charge >= 0.3 is 0 Å². The number of halogens is 1. The molecule has 0 fully saturated rings. The summed E-state index contributed by atoms with van der Waals surface area (Å²) < 4.78 is 0. The van der Waals surface area contributed by atoms with Crippen molar-refractivity contribution in [1.29, 1.82) is 0 Å². The highest BCUT2D eigenvalue weighted by atomic mass is 35.5. The van der Waals surface area contributed by atoms with Crippen LogP contribution in [0.3, 0.4) is 0 Å². The molecule has 1 unspecified atom stereocenters. The standard InChI is InChI=1S/C18H22ClNS/c1-3-20-17(12-15-6-4-5-14(2)11-15)13-21-18-9-7-16(19)8-10-18/h4-11,17,20H,3,12-13H2,1-2H3. The first-order valence-corrected chi connectivity index (χ1v) is 8.71. The number of aryl methyl sites for hydroxylation is 1. The fraction of sp³-hybridized carbons (Fsp3) is 0.333. The summed E-state index contributed by atoms with van der Waals surface area (Å²) in [4.78, 5) is 1.27. The summed E-state index contributed by atoms with van der Waals surface area (Å²) in [5, 5.41) is 4.38. The summed E-state index contributed by atoms with van der Waals surface area (Å²) in [5.74, 6) is 1.06. The first kappa shape index (κ1) is 16.4. The van der Waals surface area contributed by atoms with Crippen LogP contribution in [0.5, 0.6) is 0 Å². The Balaban J connectivity index is 1.93. The molecule has 0 amide bonds. The van der Waals surface area contributed by atoms with Crippen LogP contribution in [-0.4, -0.2) is 18.3 Å². The highest BCUT2D eigenvalue weighted by Gasteiger charge is 2.09. The van der Waals surface area contributed by atoms with E-state index in [1.54, 1.807) is 0 Å². The van der Waals surface area contributed by atoms with Gasteiger partial charge in [0.15, 0.2) is 0 Å². The van der Waals surface area contributed by atoms with Gasteiger partial charge in [-0.05, 0) is 49.7 Å². The maximum atomic E-state index is 5.92. The minimum Gasteiger partial charge on any atom is -0.313 e. The highest BCUT2D eigenvalue weighted by Crippen LogP contribution is 2.22. The molecule has 0 aliphatic carbocycles. The number of hydrogen-bond acceptors (Lipinski definition) is 2. The SMILES string of the molecule is CCNC(CSc1ccc(Cl)cc1)Cc1cccc(C)c1. The van der Waals surface area contributed by atoms with E-state index < -0.39 is 0 Å². The molecule has 0 bridgehead atoms. The Kier molecular flexibility index (Phi) is 6.62. The monoisotopic (exact) mass is 319 g/mol. The molecular weight excluding hydrogens is 298 g/mol. The molecule has 0 aliphatic rings. The van der Waals surface area contributed by atoms with Gasteiger partial charge in [-0.1, -0.05) is 48.4 Å². The van der Waals surface area contributed by atoms with Gasteiger partial charge in [0.25, 0.3) is 0 Å². The van der Waals surface area contributed by atoms with Gasteiger partial charge < -0.3 is 5.32 Å². The van der Waals surface area contributed by atoms with E-state index in [1.165, 1.54) is 16.0 Å². The Bertz CT molecular complexity index is 553. The van der Waals surface area contributed by atoms with Gasteiger partial charge in [0, 0.05) is 21.7 Å². The van der Waals surface area contributed by atoms with Crippen LogP contribution in [0.25, 0.3) is 0 Å². The zero-order valence-electron chi connectivity index (χ0n) is 12.6. The first-order chi connectivity index (χ1) is 10.2. The second-order valence-electron chi connectivity index (χ2n) is 5.21. The second-order valence-corrected chi connectivity index (χ2v) is 6.74. The number of hydrogen-bond donors (Lipinski definition) is 1. The average Bonchev–Trinajstić information content (AvgIpc) is 2.47. The van der Waals surface area contributed by atoms with Crippen molar-refractivity contribution in [3.63, 3.8) is 0 Å². The fourth-order valence-corrected chi connectivity index (χ4v) is 3.41. The third-order valence-electron chi connectivity index (χ3n) is 3.32. The minimum atomic E-state index is 0.484. The summed E-state index contributed by atoms with van der Waals surface area (Å²) in [6, 6.07) is 17.3. The Hall–Kier alpha value is -0.960. The number of rotatable bonds is 7. The topological polar surface area (TPSA) is 12.0 Å². The molecule has 2 aromatic carbocycles. The minimum absolute atomic E-state index is 0.484. The lowest BCUT2D eigenvalue weighted by Crippen LogP contribution is -2.33. The van der Waals surface area contributed by atoms with E-state index in [2.05, 4.69) is 55.6 Å². The van der Waals surface area contributed by atoms with Crippen LogP contribution in [0.1, 0.15) is 18.1 Å². The quantitative estimate of drug-likeness (QED) is 0.724. The summed E-state index contributed by atoms with van der Waals surface area (Å²) in [7, 11) is 0. The van der Waals surface area contributed by atoms with Crippen molar-refractivity contribution < 1.29 is 0 Å². The van der Waals surface area contributed by atoms with Crippen molar-refractivity contribution in [3.05, 3.63) is 64.7 Å². The molecule has 0 aliphatic heterocycles. The van der Waals surface area contributed by atoms with E-state index in [1.807, 2.05) is 23.9 Å². The zero-order chi connectivity index (χ0) is 15.1. The molecule has 0 saturated heterocycles. The second kappa shape index (κ2) is 8.47. The Morgan fingerprint density at radius 3 is 2.57 bits per heavy atom. The fourth-order valence-electron chi connectivity index (χ4n) is 2.33. The van der Waals surface area contributed by atoms with Crippen LogP contribution >= 0.6 is 23.4 Å². The van der Waals surface area contributed by atoms with E-state index >= 15 is 0 Å². The van der Waals surface area contributed by atoms with E-state index in [4.69, 9.17) is 11.6 Å². The summed E-state index contributed by atoms with van der Waals surface area (Å²) >= 11 is 7.80. The lowest BCUT2D eigenvalue weighted by molar-refractivity contribution is 0.572. The van der Waals surface area contributed by atoms with Crippen molar-refractivity contribution >= 4 is 23.4 Å². The summed E-state index contributed by atoms with van der Waals surface area (Å²) in [5.41, 5.74) is 2.73. The van der Waals surface area contributed by atoms with Gasteiger partial charge in [-0.25, -0.2) is 0 Å². The summed E-state index contributed by atoms with van der Waals surface area (Å²) in [6.07, 6.45) is 1.07. The molecule has 0 aromatic heterocycles. The van der Waals surface area contributed by atoms with Crippen LogP contribution in [0.4, 0.5) is 0 Å². The number of nitrogens with one attached hydrogen (secondary N) is 1. The molecule has 3 heteroatoms. The zero-order valence-corrected chi connectivity index (χ0v) is 14.2. The molecule has 0 spiro atoms. The van der Waals surface area contributed by atoms with E-state index in [-0.39, 0.29) is 0 Å². The predicted molar refractivity (Wildman–Crippen MR) is 94.5 cm³/mol. The maximum absolute atomic E-state index is 5.92. The van der Waals surface area contributed by atoms with Crippen molar-refractivity contribution in [2.75, 3.05) is 12.3 Å². The lowest BCUT2D eigenvalue weighted by atomic mass is 10.0. The van der Waals surface area contributed by atoms with Gasteiger partial charge in [-0.3, -0.25) is 0 Å². The highest BCUT2D eigenvalue weighted by molar-refractivity contribution is 7.99. The molecule has 0 radical (unpaired) electrons. The van der Waals surface area contributed by atoms with Gasteiger partial charge in [0.1, 0.15) is 0 Å². The molecule has 2 rings (SSSR count). The Morgan fingerprint density at radius 1 is 1.14 bits per heavy atom. The van der Waals surface area contributed by atoms with E-state index in [0.717, 1.165) is 23.7 Å². The maximum Gasteiger partial charge on any atom is 0.0406 e. The third-order valence-corrected chi connectivity index (χ3v) is 4.75. The number of thioether (sulfide) groups is 1. The Labute approximate surface area is 137 Å². The van der Waals surface area contributed by atoms with Crippen LogP contribution in [0, 0.1) is 6.92 Å². The molecular formula is C18H22ClNS. The molecule has 0 saturated carbocycles. The summed E-state index contributed by atoms with van der Waals surface area (Å²) in [6.45, 7) is 5.31. The molecule has 21 heavy (non-hydrogen) atoms. The Morgan fingerprint density at radius 2 is 1.90 bits per heavy atom. The smallest absolute Gasteiger partial charge is 0.0406 e. The van der Waals surface area contributed by atoms with Crippen LogP contribution in [-0.2, 0) is 6.42 Å². The van der Waals surface area contributed by atoms with Crippen LogP contribution in [0.15, 0.2) is 53.4 Å². The van der Waals surface area contributed by atoms with E-state index in [0.29, 0.717) is 6.04 Å².